The molecule has 2 aliphatic rings. The van der Waals surface area contributed by atoms with Gasteiger partial charge in [0.2, 0.25) is 0 Å². The van der Waals surface area contributed by atoms with Gasteiger partial charge in [-0.3, -0.25) is 4.98 Å². The van der Waals surface area contributed by atoms with Crippen molar-refractivity contribution in [3.05, 3.63) is 67.1 Å². The molecule has 0 aliphatic carbocycles. The number of aromatic nitrogens is 4. The van der Waals surface area contributed by atoms with Crippen LogP contribution in [0.2, 0.25) is 0 Å². The highest BCUT2D eigenvalue weighted by molar-refractivity contribution is 8.13. The summed E-state index contributed by atoms with van der Waals surface area (Å²) in [4.78, 5) is 24.3. The van der Waals surface area contributed by atoms with Crippen LogP contribution in [0.4, 0.5) is 5.82 Å². The first kappa shape index (κ1) is 17.1. The highest BCUT2D eigenvalue weighted by Gasteiger charge is 2.50. The van der Waals surface area contributed by atoms with E-state index in [2.05, 4.69) is 49.1 Å². The largest absolute Gasteiger partial charge is 0.379 e. The second-order valence-corrected chi connectivity index (χ2v) is 8.07. The summed E-state index contributed by atoms with van der Waals surface area (Å²) in [7, 11) is 0. The fraction of sp³-hybridized carbons (Fsp3) is 0.250. The number of aliphatic imine (C=N–C) groups is 1. The van der Waals surface area contributed by atoms with Gasteiger partial charge in [-0.25, -0.2) is 19.9 Å². The van der Waals surface area contributed by atoms with Crippen LogP contribution in [-0.4, -0.2) is 43.9 Å². The summed E-state index contributed by atoms with van der Waals surface area (Å²) < 4.78 is 0. The lowest BCUT2D eigenvalue weighted by molar-refractivity contribution is 0.388. The Bertz CT molecular complexity index is 1010. The molecule has 2 N–H and O–H groups in total. The number of hydrogen-bond donors (Lipinski definition) is 1. The van der Waals surface area contributed by atoms with Gasteiger partial charge in [0.25, 0.3) is 0 Å². The molecule has 2 aliphatic heterocycles. The molecule has 3 aromatic rings. The number of rotatable bonds is 3. The van der Waals surface area contributed by atoms with Crippen LogP contribution in [0.15, 0.2) is 66.6 Å². The van der Waals surface area contributed by atoms with Crippen LogP contribution < -0.4 is 10.6 Å². The average Bonchev–Trinajstić information content (AvgIpc) is 3.15. The minimum Gasteiger partial charge on any atom is -0.379 e. The van der Waals surface area contributed by atoms with Crippen LogP contribution in [-0.2, 0) is 5.54 Å². The van der Waals surface area contributed by atoms with E-state index in [1.54, 1.807) is 30.5 Å². The molecule has 7 nitrogen and oxygen atoms in total. The summed E-state index contributed by atoms with van der Waals surface area (Å²) in [6, 6.07) is 8.49. The Kier molecular flexibility index (Phi) is 4.20. The topological polar surface area (TPSA) is 93.2 Å². The van der Waals surface area contributed by atoms with Gasteiger partial charge < -0.3 is 10.6 Å². The molecule has 0 spiro atoms. The SMILES string of the molecule is NC1=N[C@@]2(c3cccc(-c4cncnc4)c3)CN(c3cnccn3)C[C@H]2CS1. The molecule has 0 bridgehead atoms. The summed E-state index contributed by atoms with van der Waals surface area (Å²) in [5, 5.41) is 0.644. The monoisotopic (exact) mass is 389 g/mol. The van der Waals surface area contributed by atoms with Gasteiger partial charge in [0.1, 0.15) is 17.7 Å². The zero-order valence-corrected chi connectivity index (χ0v) is 16.0. The van der Waals surface area contributed by atoms with Crippen molar-refractivity contribution >= 4 is 22.7 Å². The molecule has 4 heterocycles. The Hall–Kier alpha value is -3.00. The highest BCUT2D eigenvalue weighted by Crippen LogP contribution is 2.46. The van der Waals surface area contributed by atoms with Crippen molar-refractivity contribution < 1.29 is 0 Å². The number of amidine groups is 1. The summed E-state index contributed by atoms with van der Waals surface area (Å²) in [6.07, 6.45) is 10.4. The number of fused-ring (bicyclic) bond motifs is 1. The van der Waals surface area contributed by atoms with Crippen molar-refractivity contribution in [2.24, 2.45) is 16.6 Å². The molecule has 5 rings (SSSR count). The zero-order chi connectivity index (χ0) is 19.0. The maximum Gasteiger partial charge on any atom is 0.154 e. The molecule has 140 valence electrons. The van der Waals surface area contributed by atoms with Crippen molar-refractivity contribution in [2.75, 3.05) is 23.7 Å². The number of hydrogen-bond acceptors (Lipinski definition) is 8. The molecule has 0 radical (unpaired) electrons. The summed E-state index contributed by atoms with van der Waals surface area (Å²) >= 11 is 1.63. The van der Waals surface area contributed by atoms with E-state index in [1.807, 2.05) is 18.6 Å². The maximum absolute atomic E-state index is 6.19. The zero-order valence-electron chi connectivity index (χ0n) is 15.1. The molecule has 2 aromatic heterocycles. The van der Waals surface area contributed by atoms with E-state index in [0.717, 1.165) is 41.4 Å². The quantitative estimate of drug-likeness (QED) is 0.735. The van der Waals surface area contributed by atoms with E-state index in [9.17, 15) is 0 Å². The van der Waals surface area contributed by atoms with Gasteiger partial charge >= 0.3 is 0 Å². The lowest BCUT2D eigenvalue weighted by atomic mass is 9.81. The highest BCUT2D eigenvalue weighted by atomic mass is 32.2. The van der Waals surface area contributed by atoms with E-state index in [1.165, 1.54) is 0 Å². The first-order chi connectivity index (χ1) is 13.7. The third kappa shape index (κ3) is 2.90. The Balaban J connectivity index is 1.58. The number of nitrogens with zero attached hydrogens (tertiary/aromatic N) is 6. The number of nitrogens with two attached hydrogens (primary N) is 1. The summed E-state index contributed by atoms with van der Waals surface area (Å²) in [5.74, 6) is 2.15. The molecule has 8 heteroatoms. The Labute approximate surface area is 167 Å². The molecular formula is C20H19N7S. The lowest BCUT2D eigenvalue weighted by Gasteiger charge is -2.35. The van der Waals surface area contributed by atoms with Gasteiger partial charge in [0.15, 0.2) is 5.17 Å². The lowest BCUT2D eigenvalue weighted by Crippen LogP contribution is -2.40. The van der Waals surface area contributed by atoms with Crippen LogP contribution in [0, 0.1) is 5.92 Å². The van der Waals surface area contributed by atoms with Crippen molar-refractivity contribution in [3.63, 3.8) is 0 Å². The van der Waals surface area contributed by atoms with Crippen LogP contribution in [0.3, 0.4) is 0 Å². The molecule has 1 fully saturated rings. The van der Waals surface area contributed by atoms with Gasteiger partial charge in [0, 0.05) is 55.1 Å². The second kappa shape index (κ2) is 6.87. The maximum atomic E-state index is 6.19. The normalized spacial score (nSPS) is 23.9. The Morgan fingerprint density at radius 3 is 2.79 bits per heavy atom. The van der Waals surface area contributed by atoms with Crippen molar-refractivity contribution in [2.45, 2.75) is 5.54 Å². The molecular weight excluding hydrogens is 370 g/mol. The van der Waals surface area contributed by atoms with Gasteiger partial charge in [0.05, 0.1) is 6.20 Å². The van der Waals surface area contributed by atoms with E-state index >= 15 is 0 Å². The van der Waals surface area contributed by atoms with E-state index < -0.39 is 5.54 Å². The van der Waals surface area contributed by atoms with E-state index in [4.69, 9.17) is 10.7 Å². The van der Waals surface area contributed by atoms with E-state index in [-0.39, 0.29) is 0 Å². The van der Waals surface area contributed by atoms with Crippen LogP contribution >= 0.6 is 11.8 Å². The summed E-state index contributed by atoms with van der Waals surface area (Å²) in [6.45, 7) is 1.60. The first-order valence-electron chi connectivity index (χ1n) is 9.10. The minimum atomic E-state index is -0.390. The molecule has 2 atom stereocenters. The van der Waals surface area contributed by atoms with Crippen molar-refractivity contribution in [1.29, 1.82) is 0 Å². The van der Waals surface area contributed by atoms with Gasteiger partial charge in [-0.15, -0.1) is 0 Å². The molecule has 0 saturated carbocycles. The second-order valence-electron chi connectivity index (χ2n) is 7.03. The third-order valence-electron chi connectivity index (χ3n) is 5.42. The van der Waals surface area contributed by atoms with Crippen molar-refractivity contribution in [1.82, 2.24) is 19.9 Å². The average molecular weight is 389 g/mol. The molecule has 28 heavy (non-hydrogen) atoms. The van der Waals surface area contributed by atoms with Crippen LogP contribution in [0.1, 0.15) is 5.56 Å². The molecule has 1 saturated heterocycles. The van der Waals surface area contributed by atoms with Gasteiger partial charge in [-0.1, -0.05) is 30.0 Å². The molecule has 0 amide bonds. The standard InChI is InChI=1S/C20H19N7S/c21-19-26-20(16-3-1-2-14(6-16)15-7-23-13-24-8-15)12-27(10-17(20)11-28-19)18-9-22-4-5-25-18/h1-9,13,17H,10-12H2,(H2,21,26)/t17-,20+/m0/s1. The van der Waals surface area contributed by atoms with E-state index in [0.29, 0.717) is 11.1 Å². The fourth-order valence-electron chi connectivity index (χ4n) is 4.07. The predicted molar refractivity (Wildman–Crippen MR) is 111 cm³/mol. The summed E-state index contributed by atoms with van der Waals surface area (Å²) in [5.41, 5.74) is 9.03. The fourth-order valence-corrected chi connectivity index (χ4v) is 5.05. The number of anilines is 1. The molecule has 0 unspecified atom stereocenters. The van der Waals surface area contributed by atoms with Gasteiger partial charge in [-0.2, -0.15) is 0 Å². The first-order valence-corrected chi connectivity index (χ1v) is 10.1. The van der Waals surface area contributed by atoms with Crippen LogP contribution in [0.25, 0.3) is 11.1 Å². The molecule has 1 aromatic carbocycles. The Morgan fingerprint density at radius 1 is 1.07 bits per heavy atom. The third-order valence-corrected chi connectivity index (χ3v) is 6.38. The van der Waals surface area contributed by atoms with Crippen molar-refractivity contribution in [3.8, 4) is 11.1 Å². The Morgan fingerprint density at radius 2 is 1.96 bits per heavy atom. The number of thioether (sulfide) groups is 1. The smallest absolute Gasteiger partial charge is 0.154 e. The predicted octanol–water partition coefficient (Wildman–Crippen LogP) is 2.33. The van der Waals surface area contributed by atoms with Crippen LogP contribution in [0.5, 0.6) is 0 Å². The number of benzene rings is 1. The van der Waals surface area contributed by atoms with Gasteiger partial charge in [-0.05, 0) is 17.2 Å². The minimum absolute atomic E-state index is 0.342.